The standard InChI is InChI=1S/C19H22O2S/c1-3-6-18(20)16-9-11-17(12-10-16)22-14-13-21-19-8-5-4-7-15(19)2/h4-5,7-12H,3,6,13-14H2,1-2H3. The molecule has 2 aromatic carbocycles. The van der Waals surface area contributed by atoms with Crippen LogP contribution in [0.1, 0.15) is 35.7 Å². The SMILES string of the molecule is CCCC(=O)c1ccc(SCCOc2ccccc2C)cc1. The summed E-state index contributed by atoms with van der Waals surface area (Å²) in [5.41, 5.74) is 1.97. The Bertz CT molecular complexity index is 605. The average molecular weight is 314 g/mol. The van der Waals surface area contributed by atoms with E-state index in [0.29, 0.717) is 13.0 Å². The average Bonchev–Trinajstić information content (AvgIpc) is 2.54. The van der Waals surface area contributed by atoms with Gasteiger partial charge in [-0.3, -0.25) is 4.79 Å². The summed E-state index contributed by atoms with van der Waals surface area (Å²) in [6, 6.07) is 15.9. The number of para-hydroxylation sites is 1. The number of ether oxygens (including phenoxy) is 1. The highest BCUT2D eigenvalue weighted by atomic mass is 32.2. The van der Waals surface area contributed by atoms with Crippen molar-refractivity contribution in [1.82, 2.24) is 0 Å². The van der Waals surface area contributed by atoms with Gasteiger partial charge in [-0.1, -0.05) is 37.3 Å². The molecule has 22 heavy (non-hydrogen) atoms. The van der Waals surface area contributed by atoms with Gasteiger partial charge in [-0.25, -0.2) is 0 Å². The fourth-order valence-corrected chi connectivity index (χ4v) is 2.87. The van der Waals surface area contributed by atoms with Crippen LogP contribution in [0.3, 0.4) is 0 Å². The first-order valence-corrected chi connectivity index (χ1v) is 8.63. The van der Waals surface area contributed by atoms with Crippen LogP contribution >= 0.6 is 11.8 Å². The molecular formula is C19H22O2S. The molecule has 2 rings (SSSR count). The first kappa shape index (κ1) is 16.6. The molecule has 0 saturated carbocycles. The molecule has 0 bridgehead atoms. The molecule has 2 nitrogen and oxygen atoms in total. The first-order valence-electron chi connectivity index (χ1n) is 7.65. The number of thioether (sulfide) groups is 1. The quantitative estimate of drug-likeness (QED) is 0.383. The lowest BCUT2D eigenvalue weighted by Crippen LogP contribution is -2.01. The Hall–Kier alpha value is -1.74. The van der Waals surface area contributed by atoms with Crippen molar-refractivity contribution in [1.29, 1.82) is 0 Å². The fourth-order valence-electron chi connectivity index (χ4n) is 2.14. The predicted octanol–water partition coefficient (Wildman–Crippen LogP) is 5.15. The van der Waals surface area contributed by atoms with Crippen molar-refractivity contribution in [3.05, 3.63) is 59.7 Å². The Balaban J connectivity index is 1.78. The third-order valence-electron chi connectivity index (χ3n) is 3.36. The van der Waals surface area contributed by atoms with Gasteiger partial charge in [0.1, 0.15) is 5.75 Å². The van der Waals surface area contributed by atoms with Crippen molar-refractivity contribution >= 4 is 17.5 Å². The van der Waals surface area contributed by atoms with Crippen LogP contribution in [0.15, 0.2) is 53.4 Å². The summed E-state index contributed by atoms with van der Waals surface area (Å²) in [6.07, 6.45) is 1.52. The van der Waals surface area contributed by atoms with E-state index in [2.05, 4.69) is 13.0 Å². The molecule has 0 N–H and O–H groups in total. The zero-order valence-electron chi connectivity index (χ0n) is 13.2. The van der Waals surface area contributed by atoms with Gasteiger partial charge in [0.2, 0.25) is 0 Å². The van der Waals surface area contributed by atoms with E-state index < -0.39 is 0 Å². The van der Waals surface area contributed by atoms with Crippen LogP contribution in [0.4, 0.5) is 0 Å². The second-order valence-electron chi connectivity index (χ2n) is 5.16. The third kappa shape index (κ3) is 4.92. The van der Waals surface area contributed by atoms with E-state index in [1.54, 1.807) is 11.8 Å². The summed E-state index contributed by atoms with van der Waals surface area (Å²) in [5.74, 6) is 2.06. The molecule has 0 aromatic heterocycles. The Morgan fingerprint density at radius 1 is 1.09 bits per heavy atom. The maximum absolute atomic E-state index is 11.8. The van der Waals surface area contributed by atoms with Crippen molar-refractivity contribution in [2.75, 3.05) is 12.4 Å². The zero-order chi connectivity index (χ0) is 15.8. The highest BCUT2D eigenvalue weighted by molar-refractivity contribution is 7.99. The molecule has 0 heterocycles. The van der Waals surface area contributed by atoms with E-state index in [0.717, 1.165) is 29.1 Å². The van der Waals surface area contributed by atoms with Crippen LogP contribution in [0.2, 0.25) is 0 Å². The van der Waals surface area contributed by atoms with E-state index in [4.69, 9.17) is 4.74 Å². The molecule has 3 heteroatoms. The molecule has 0 aliphatic heterocycles. The third-order valence-corrected chi connectivity index (χ3v) is 4.33. The van der Waals surface area contributed by atoms with E-state index in [9.17, 15) is 4.79 Å². The molecule has 0 fully saturated rings. The lowest BCUT2D eigenvalue weighted by atomic mass is 10.1. The smallest absolute Gasteiger partial charge is 0.162 e. The fraction of sp³-hybridized carbons (Fsp3) is 0.316. The predicted molar refractivity (Wildman–Crippen MR) is 93.1 cm³/mol. The Kier molecular flexibility index (Phi) is 6.53. The van der Waals surface area contributed by atoms with Crippen molar-refractivity contribution < 1.29 is 9.53 Å². The molecule has 0 atom stereocenters. The number of ketones is 1. The van der Waals surface area contributed by atoms with Crippen LogP contribution in [0.25, 0.3) is 0 Å². The number of carbonyl (C=O) groups excluding carboxylic acids is 1. The Morgan fingerprint density at radius 3 is 2.50 bits per heavy atom. The number of hydrogen-bond acceptors (Lipinski definition) is 3. The van der Waals surface area contributed by atoms with Crippen molar-refractivity contribution in [3.8, 4) is 5.75 Å². The number of Topliss-reactive ketones (excluding diaryl/α,β-unsaturated/α-hetero) is 1. The van der Waals surface area contributed by atoms with Gasteiger partial charge in [0, 0.05) is 22.6 Å². The molecule has 2 aromatic rings. The number of carbonyl (C=O) groups is 1. The maximum atomic E-state index is 11.8. The second kappa shape index (κ2) is 8.64. The normalized spacial score (nSPS) is 10.5. The number of rotatable bonds is 8. The minimum atomic E-state index is 0.224. The zero-order valence-corrected chi connectivity index (χ0v) is 14.0. The molecule has 0 saturated heterocycles. The van der Waals surface area contributed by atoms with Gasteiger partial charge in [-0.2, -0.15) is 0 Å². The molecule has 0 aliphatic carbocycles. The summed E-state index contributed by atoms with van der Waals surface area (Å²) in [7, 11) is 0. The summed E-state index contributed by atoms with van der Waals surface area (Å²) in [5, 5.41) is 0. The van der Waals surface area contributed by atoms with Gasteiger partial charge in [0.05, 0.1) is 6.61 Å². The van der Waals surface area contributed by atoms with Crippen LogP contribution in [0.5, 0.6) is 5.75 Å². The minimum absolute atomic E-state index is 0.224. The van der Waals surface area contributed by atoms with Gasteiger partial charge in [0.25, 0.3) is 0 Å². The highest BCUT2D eigenvalue weighted by Crippen LogP contribution is 2.21. The van der Waals surface area contributed by atoms with Crippen LogP contribution in [0, 0.1) is 6.92 Å². The van der Waals surface area contributed by atoms with Crippen molar-refractivity contribution in [3.63, 3.8) is 0 Å². The first-order chi connectivity index (χ1) is 10.7. The summed E-state index contributed by atoms with van der Waals surface area (Å²) in [4.78, 5) is 12.9. The van der Waals surface area contributed by atoms with Crippen LogP contribution in [-0.2, 0) is 0 Å². The van der Waals surface area contributed by atoms with E-state index in [1.807, 2.05) is 49.4 Å². The molecule has 0 aliphatic rings. The molecule has 0 amide bonds. The largest absolute Gasteiger partial charge is 0.492 e. The van der Waals surface area contributed by atoms with Gasteiger partial charge in [-0.05, 0) is 37.1 Å². The summed E-state index contributed by atoms with van der Waals surface area (Å²) in [6.45, 7) is 4.75. The van der Waals surface area contributed by atoms with Gasteiger partial charge < -0.3 is 4.74 Å². The van der Waals surface area contributed by atoms with E-state index in [-0.39, 0.29) is 5.78 Å². The number of aryl methyl sites for hydroxylation is 1. The van der Waals surface area contributed by atoms with Crippen LogP contribution in [-0.4, -0.2) is 18.1 Å². The van der Waals surface area contributed by atoms with Crippen molar-refractivity contribution in [2.24, 2.45) is 0 Å². The van der Waals surface area contributed by atoms with E-state index >= 15 is 0 Å². The van der Waals surface area contributed by atoms with E-state index in [1.165, 1.54) is 4.90 Å². The molecule has 116 valence electrons. The Labute approximate surface area is 136 Å². The number of hydrogen-bond donors (Lipinski definition) is 0. The molecule has 0 radical (unpaired) electrons. The number of benzene rings is 2. The van der Waals surface area contributed by atoms with Gasteiger partial charge in [0.15, 0.2) is 5.78 Å². The topological polar surface area (TPSA) is 26.3 Å². The maximum Gasteiger partial charge on any atom is 0.162 e. The van der Waals surface area contributed by atoms with Gasteiger partial charge >= 0.3 is 0 Å². The van der Waals surface area contributed by atoms with Gasteiger partial charge in [-0.15, -0.1) is 11.8 Å². The van der Waals surface area contributed by atoms with Crippen molar-refractivity contribution in [2.45, 2.75) is 31.6 Å². The lowest BCUT2D eigenvalue weighted by Gasteiger charge is -2.08. The molecular weight excluding hydrogens is 292 g/mol. The monoisotopic (exact) mass is 314 g/mol. The summed E-state index contributed by atoms with van der Waals surface area (Å²) >= 11 is 1.74. The molecule has 0 unspecified atom stereocenters. The molecule has 0 spiro atoms. The highest BCUT2D eigenvalue weighted by Gasteiger charge is 2.04. The van der Waals surface area contributed by atoms with Crippen LogP contribution < -0.4 is 4.74 Å². The Morgan fingerprint density at radius 2 is 1.82 bits per heavy atom. The minimum Gasteiger partial charge on any atom is -0.492 e. The summed E-state index contributed by atoms with van der Waals surface area (Å²) < 4.78 is 5.78. The second-order valence-corrected chi connectivity index (χ2v) is 6.33. The lowest BCUT2D eigenvalue weighted by molar-refractivity contribution is 0.0981.